The molecule has 1 aromatic carbocycles. The van der Waals surface area contributed by atoms with Crippen molar-refractivity contribution in [3.63, 3.8) is 0 Å². The Morgan fingerprint density at radius 1 is 1.42 bits per heavy atom. The maximum Gasteiger partial charge on any atom is 0.305 e. The summed E-state index contributed by atoms with van der Waals surface area (Å²) in [5.41, 5.74) is 8.77. The van der Waals surface area contributed by atoms with Crippen molar-refractivity contribution in [3.8, 4) is 0 Å². The number of fused-ring (bicyclic) bond motifs is 1. The number of allylic oxidation sites excluding steroid dienone is 2. The number of hydrogen-bond donors (Lipinski definition) is 2. The van der Waals surface area contributed by atoms with E-state index < -0.39 is 0 Å². The first-order valence-corrected chi connectivity index (χ1v) is 8.88. The summed E-state index contributed by atoms with van der Waals surface area (Å²) in [6, 6.07) is 9.58. The van der Waals surface area contributed by atoms with Crippen LogP contribution in [-0.4, -0.2) is 16.2 Å². The smallest absolute Gasteiger partial charge is 0.305 e. The van der Waals surface area contributed by atoms with Crippen LogP contribution in [0.3, 0.4) is 0 Å². The fraction of sp³-hybridized carbons (Fsp3) is 0.118. The van der Waals surface area contributed by atoms with Gasteiger partial charge in [0.2, 0.25) is 0 Å². The Labute approximate surface area is 151 Å². The molecule has 0 spiro atoms. The van der Waals surface area contributed by atoms with Gasteiger partial charge in [-0.15, -0.1) is 0 Å². The maximum atomic E-state index is 11.4. The lowest BCUT2D eigenvalue weighted by atomic mass is 9.98. The monoisotopic (exact) mass is 402 g/mol. The van der Waals surface area contributed by atoms with Gasteiger partial charge in [-0.25, -0.2) is 9.98 Å². The molecule has 0 amide bonds. The Morgan fingerprint density at radius 2 is 2.25 bits per heavy atom. The fourth-order valence-electron chi connectivity index (χ4n) is 2.21. The summed E-state index contributed by atoms with van der Waals surface area (Å²) in [6.45, 7) is 2.02. The molecule has 0 bridgehead atoms. The highest BCUT2D eigenvalue weighted by atomic mass is 79.9. The number of H-pyrrole nitrogens is 1. The maximum absolute atomic E-state index is 11.4. The molecule has 0 aliphatic rings. The van der Waals surface area contributed by atoms with Crippen molar-refractivity contribution in [2.45, 2.75) is 12.8 Å². The van der Waals surface area contributed by atoms with Gasteiger partial charge in [0, 0.05) is 28.5 Å². The number of halogens is 1. The summed E-state index contributed by atoms with van der Waals surface area (Å²) in [5, 5.41) is 0. The van der Waals surface area contributed by atoms with Gasteiger partial charge in [-0.2, -0.15) is 0 Å². The van der Waals surface area contributed by atoms with Gasteiger partial charge in [-0.1, -0.05) is 24.3 Å². The standard InChI is InChI=1S/C17H15BrN4OS/c1-10(11-2-4-14-15(8-11)24-17(23)22-14)13(19)6-7-20-16-5-3-12(18)9-21-16/h2-10H,19H2,1H3,(H,22,23). The summed E-state index contributed by atoms with van der Waals surface area (Å²) in [4.78, 5) is 22.6. The molecule has 0 aliphatic heterocycles. The lowest BCUT2D eigenvalue weighted by Gasteiger charge is -2.12. The van der Waals surface area contributed by atoms with Crippen molar-refractivity contribution in [3.05, 3.63) is 68.0 Å². The van der Waals surface area contributed by atoms with Crippen LogP contribution in [0.25, 0.3) is 10.2 Å². The molecule has 7 heteroatoms. The van der Waals surface area contributed by atoms with E-state index in [9.17, 15) is 4.79 Å². The van der Waals surface area contributed by atoms with E-state index >= 15 is 0 Å². The van der Waals surface area contributed by atoms with Gasteiger partial charge in [0.05, 0.1) is 10.2 Å². The molecular formula is C17H15BrN4OS. The molecule has 3 rings (SSSR count). The molecule has 0 fully saturated rings. The zero-order valence-electron chi connectivity index (χ0n) is 12.9. The normalized spacial score (nSPS) is 13.7. The third-order valence-electron chi connectivity index (χ3n) is 3.63. The van der Waals surface area contributed by atoms with Crippen LogP contribution in [0, 0.1) is 0 Å². The molecule has 0 radical (unpaired) electrons. The average Bonchev–Trinajstić information content (AvgIpc) is 2.95. The minimum Gasteiger partial charge on any atom is -0.402 e. The number of nitrogens with zero attached hydrogens (tertiary/aromatic N) is 2. The largest absolute Gasteiger partial charge is 0.402 e. The van der Waals surface area contributed by atoms with E-state index in [4.69, 9.17) is 5.73 Å². The van der Waals surface area contributed by atoms with E-state index in [2.05, 4.69) is 30.9 Å². The number of pyridine rings is 1. The molecule has 122 valence electrons. The van der Waals surface area contributed by atoms with Crippen LogP contribution in [0.5, 0.6) is 0 Å². The lowest BCUT2D eigenvalue weighted by Crippen LogP contribution is -2.07. The van der Waals surface area contributed by atoms with E-state index in [0.717, 1.165) is 20.3 Å². The lowest BCUT2D eigenvalue weighted by molar-refractivity contribution is 0.882. The predicted octanol–water partition coefficient (Wildman–Crippen LogP) is 4.10. The molecule has 2 aromatic heterocycles. The molecule has 1 unspecified atom stereocenters. The quantitative estimate of drug-likeness (QED) is 0.644. The predicted molar refractivity (Wildman–Crippen MR) is 103 cm³/mol. The van der Waals surface area contributed by atoms with Crippen LogP contribution in [0.2, 0.25) is 0 Å². The van der Waals surface area contributed by atoms with Crippen LogP contribution >= 0.6 is 27.3 Å². The van der Waals surface area contributed by atoms with Gasteiger partial charge < -0.3 is 10.7 Å². The summed E-state index contributed by atoms with van der Waals surface area (Å²) in [5.74, 6) is 0.643. The summed E-state index contributed by atoms with van der Waals surface area (Å²) >= 11 is 4.54. The van der Waals surface area contributed by atoms with Gasteiger partial charge in [-0.05, 0) is 51.8 Å². The van der Waals surface area contributed by atoms with Crippen molar-refractivity contribution >= 4 is 49.5 Å². The third-order valence-corrected chi connectivity index (χ3v) is 4.94. The first-order chi connectivity index (χ1) is 11.5. The minimum absolute atomic E-state index is 0.0240. The average molecular weight is 403 g/mol. The number of aromatic amines is 1. The molecule has 24 heavy (non-hydrogen) atoms. The Hall–Kier alpha value is -2.25. The molecule has 2 heterocycles. The number of hydrogen-bond acceptors (Lipinski definition) is 5. The first-order valence-electron chi connectivity index (χ1n) is 7.27. The number of nitrogens with one attached hydrogen (secondary N) is 1. The first kappa shape index (κ1) is 16.6. The van der Waals surface area contributed by atoms with Gasteiger partial charge in [0.1, 0.15) is 0 Å². The summed E-state index contributed by atoms with van der Waals surface area (Å²) in [6.07, 6.45) is 5.12. The number of nitrogens with two attached hydrogens (primary N) is 1. The highest BCUT2D eigenvalue weighted by molar-refractivity contribution is 9.10. The van der Waals surface area contributed by atoms with Crippen LogP contribution in [0.1, 0.15) is 18.4 Å². The van der Waals surface area contributed by atoms with Crippen molar-refractivity contribution in [1.29, 1.82) is 0 Å². The molecule has 0 saturated carbocycles. The number of aromatic nitrogens is 2. The topological polar surface area (TPSA) is 84.1 Å². The number of thiazole rings is 1. The highest BCUT2D eigenvalue weighted by Gasteiger charge is 2.10. The number of benzene rings is 1. The second-order valence-electron chi connectivity index (χ2n) is 5.27. The van der Waals surface area contributed by atoms with Crippen LogP contribution in [0.4, 0.5) is 5.82 Å². The van der Waals surface area contributed by atoms with Gasteiger partial charge >= 0.3 is 4.87 Å². The van der Waals surface area contributed by atoms with Crippen LogP contribution in [0.15, 0.2) is 62.6 Å². The second kappa shape index (κ2) is 7.11. The van der Waals surface area contributed by atoms with Crippen molar-refractivity contribution in [2.24, 2.45) is 10.7 Å². The Bertz CT molecular complexity index is 972. The third kappa shape index (κ3) is 3.80. The molecule has 0 aliphatic carbocycles. The van der Waals surface area contributed by atoms with Crippen molar-refractivity contribution in [1.82, 2.24) is 9.97 Å². The Kier molecular flexibility index (Phi) is 4.92. The second-order valence-corrected chi connectivity index (χ2v) is 7.20. The Balaban J connectivity index is 1.77. The van der Waals surface area contributed by atoms with E-state index in [0.29, 0.717) is 11.5 Å². The summed E-state index contributed by atoms with van der Waals surface area (Å²) in [7, 11) is 0. The SMILES string of the molecule is CC(C(N)=CC=Nc1ccc(Br)cn1)c1ccc2[nH]c(=O)sc2c1. The van der Waals surface area contributed by atoms with Crippen LogP contribution < -0.4 is 10.6 Å². The molecule has 3 N–H and O–H groups in total. The van der Waals surface area contributed by atoms with Gasteiger partial charge in [0.25, 0.3) is 0 Å². The molecular weight excluding hydrogens is 388 g/mol. The number of rotatable bonds is 4. The van der Waals surface area contributed by atoms with E-state index in [-0.39, 0.29) is 10.8 Å². The van der Waals surface area contributed by atoms with E-state index in [1.807, 2.05) is 37.3 Å². The molecule has 0 saturated heterocycles. The zero-order valence-corrected chi connectivity index (χ0v) is 15.3. The van der Waals surface area contributed by atoms with Crippen molar-refractivity contribution < 1.29 is 0 Å². The van der Waals surface area contributed by atoms with E-state index in [1.54, 1.807) is 18.5 Å². The Morgan fingerprint density at radius 3 is 3.00 bits per heavy atom. The zero-order chi connectivity index (χ0) is 17.1. The molecule has 3 aromatic rings. The molecule has 1 atom stereocenters. The van der Waals surface area contributed by atoms with Crippen LogP contribution in [-0.2, 0) is 0 Å². The summed E-state index contributed by atoms with van der Waals surface area (Å²) < 4.78 is 1.84. The highest BCUT2D eigenvalue weighted by Crippen LogP contribution is 2.25. The molecule has 5 nitrogen and oxygen atoms in total. The number of aliphatic imine (C=N–C) groups is 1. The fourth-order valence-corrected chi connectivity index (χ4v) is 3.23. The van der Waals surface area contributed by atoms with Crippen molar-refractivity contribution in [2.75, 3.05) is 0 Å². The van der Waals surface area contributed by atoms with Gasteiger partial charge in [-0.3, -0.25) is 4.79 Å². The van der Waals surface area contributed by atoms with E-state index in [1.165, 1.54) is 11.3 Å². The minimum atomic E-state index is -0.0487. The van der Waals surface area contributed by atoms with Gasteiger partial charge in [0.15, 0.2) is 5.82 Å².